The maximum Gasteiger partial charge on any atom is 0.0361 e. The van der Waals surface area contributed by atoms with Crippen LogP contribution in [-0.2, 0) is 6.54 Å². The second-order valence-electron chi connectivity index (χ2n) is 4.29. The molecule has 0 unspecified atom stereocenters. The number of rotatable bonds is 6. The minimum Gasteiger partial charge on any atom is -0.399 e. The van der Waals surface area contributed by atoms with Crippen LogP contribution in [0.15, 0.2) is 18.2 Å². The zero-order valence-electron chi connectivity index (χ0n) is 10.2. The summed E-state index contributed by atoms with van der Waals surface area (Å²) < 4.78 is 0. The quantitative estimate of drug-likeness (QED) is 0.494. The molecule has 4 nitrogen and oxygen atoms in total. The van der Waals surface area contributed by atoms with Crippen LogP contribution in [0.3, 0.4) is 0 Å². The molecule has 0 aliphatic heterocycles. The monoisotopic (exact) mass is 222 g/mol. The van der Waals surface area contributed by atoms with Crippen molar-refractivity contribution in [2.45, 2.75) is 13.0 Å². The van der Waals surface area contributed by atoms with Gasteiger partial charge in [0.1, 0.15) is 0 Å². The molecule has 90 valence electrons. The number of nitrogens with two attached hydrogens (primary N) is 2. The van der Waals surface area contributed by atoms with Gasteiger partial charge < -0.3 is 21.7 Å². The van der Waals surface area contributed by atoms with Gasteiger partial charge in [0, 0.05) is 17.9 Å². The van der Waals surface area contributed by atoms with Gasteiger partial charge in [-0.25, -0.2) is 0 Å². The van der Waals surface area contributed by atoms with Crippen LogP contribution in [0.4, 0.5) is 11.4 Å². The third-order valence-corrected chi connectivity index (χ3v) is 2.44. The van der Waals surface area contributed by atoms with Crippen LogP contribution in [0, 0.1) is 0 Å². The number of hydrogen-bond donors (Lipinski definition) is 3. The van der Waals surface area contributed by atoms with Crippen molar-refractivity contribution in [1.29, 1.82) is 0 Å². The highest BCUT2D eigenvalue weighted by Crippen LogP contribution is 2.14. The summed E-state index contributed by atoms with van der Waals surface area (Å²) in [4.78, 5) is 2.18. The highest BCUT2D eigenvalue weighted by atomic mass is 15.1. The molecule has 0 atom stereocenters. The third-order valence-electron chi connectivity index (χ3n) is 2.44. The molecule has 0 saturated heterocycles. The topological polar surface area (TPSA) is 67.3 Å². The number of hydrogen-bond acceptors (Lipinski definition) is 4. The Bertz CT molecular complexity index is 323. The summed E-state index contributed by atoms with van der Waals surface area (Å²) in [6.07, 6.45) is 1.13. The van der Waals surface area contributed by atoms with Crippen molar-refractivity contribution in [2.75, 3.05) is 38.7 Å². The van der Waals surface area contributed by atoms with Crippen molar-refractivity contribution >= 4 is 11.4 Å². The summed E-state index contributed by atoms with van der Waals surface area (Å²) in [5.74, 6) is 0. The van der Waals surface area contributed by atoms with Gasteiger partial charge in [-0.05, 0) is 57.4 Å². The minimum absolute atomic E-state index is 0.763. The number of nitrogen functional groups attached to an aromatic ring is 2. The Morgan fingerprint density at radius 1 is 1.25 bits per heavy atom. The van der Waals surface area contributed by atoms with Crippen molar-refractivity contribution < 1.29 is 0 Å². The lowest BCUT2D eigenvalue weighted by Gasteiger charge is -2.11. The molecule has 16 heavy (non-hydrogen) atoms. The summed E-state index contributed by atoms with van der Waals surface area (Å²) in [7, 11) is 4.16. The van der Waals surface area contributed by atoms with E-state index in [0.29, 0.717) is 0 Å². The first kappa shape index (κ1) is 12.8. The second kappa shape index (κ2) is 6.35. The van der Waals surface area contributed by atoms with Crippen LogP contribution in [0.2, 0.25) is 0 Å². The van der Waals surface area contributed by atoms with Crippen molar-refractivity contribution in [3.8, 4) is 0 Å². The van der Waals surface area contributed by atoms with Crippen LogP contribution in [0.5, 0.6) is 0 Å². The fourth-order valence-corrected chi connectivity index (χ4v) is 1.52. The molecule has 0 aromatic heterocycles. The molecule has 0 bridgehead atoms. The molecular weight excluding hydrogens is 200 g/mol. The summed E-state index contributed by atoms with van der Waals surface area (Å²) in [6.45, 7) is 2.87. The Labute approximate surface area is 97.6 Å². The van der Waals surface area contributed by atoms with E-state index in [4.69, 9.17) is 11.5 Å². The summed E-state index contributed by atoms with van der Waals surface area (Å²) >= 11 is 0. The lowest BCUT2D eigenvalue weighted by atomic mass is 10.1. The van der Waals surface area contributed by atoms with Gasteiger partial charge in [0.25, 0.3) is 0 Å². The molecule has 0 heterocycles. The van der Waals surface area contributed by atoms with E-state index >= 15 is 0 Å². The fraction of sp³-hybridized carbons (Fsp3) is 0.500. The van der Waals surface area contributed by atoms with Crippen molar-refractivity contribution in [1.82, 2.24) is 10.2 Å². The molecule has 0 fully saturated rings. The maximum atomic E-state index is 5.85. The van der Waals surface area contributed by atoms with E-state index in [0.717, 1.165) is 43.0 Å². The van der Waals surface area contributed by atoms with Crippen LogP contribution in [-0.4, -0.2) is 32.1 Å². The molecule has 0 saturated carbocycles. The van der Waals surface area contributed by atoms with Crippen LogP contribution >= 0.6 is 0 Å². The van der Waals surface area contributed by atoms with Gasteiger partial charge in [-0.1, -0.05) is 0 Å². The van der Waals surface area contributed by atoms with Crippen molar-refractivity contribution in [3.63, 3.8) is 0 Å². The second-order valence-corrected chi connectivity index (χ2v) is 4.29. The van der Waals surface area contributed by atoms with E-state index in [1.165, 1.54) is 0 Å². The zero-order chi connectivity index (χ0) is 12.0. The summed E-state index contributed by atoms with van der Waals surface area (Å²) in [5, 5.41) is 3.36. The molecule has 5 N–H and O–H groups in total. The molecule has 4 heteroatoms. The van der Waals surface area contributed by atoms with Crippen LogP contribution in [0.25, 0.3) is 0 Å². The van der Waals surface area contributed by atoms with E-state index < -0.39 is 0 Å². The first-order valence-corrected chi connectivity index (χ1v) is 5.59. The van der Waals surface area contributed by atoms with Gasteiger partial charge >= 0.3 is 0 Å². The van der Waals surface area contributed by atoms with Crippen molar-refractivity contribution in [2.24, 2.45) is 0 Å². The first-order valence-electron chi connectivity index (χ1n) is 5.59. The molecule has 0 radical (unpaired) electrons. The molecule has 1 aromatic carbocycles. The van der Waals surface area contributed by atoms with Gasteiger partial charge in [0.15, 0.2) is 0 Å². The van der Waals surface area contributed by atoms with Gasteiger partial charge in [0.05, 0.1) is 0 Å². The maximum absolute atomic E-state index is 5.85. The van der Waals surface area contributed by atoms with Gasteiger partial charge in [-0.15, -0.1) is 0 Å². The van der Waals surface area contributed by atoms with E-state index in [9.17, 15) is 0 Å². The zero-order valence-corrected chi connectivity index (χ0v) is 10.2. The van der Waals surface area contributed by atoms with E-state index in [1.54, 1.807) is 0 Å². The number of nitrogens with zero attached hydrogens (tertiary/aromatic N) is 1. The van der Waals surface area contributed by atoms with Gasteiger partial charge in [0.2, 0.25) is 0 Å². The standard InChI is InChI=1S/C12H22N4/c1-16(2)7-3-6-15-9-10-8-11(13)4-5-12(10)14/h4-5,8,15H,3,6-7,9,13-14H2,1-2H3. The summed E-state index contributed by atoms with van der Waals surface area (Å²) in [6, 6.07) is 5.60. The predicted molar refractivity (Wildman–Crippen MR) is 70.1 cm³/mol. The average Bonchev–Trinajstić information content (AvgIpc) is 2.22. The van der Waals surface area contributed by atoms with E-state index in [-0.39, 0.29) is 0 Å². The third kappa shape index (κ3) is 4.51. The predicted octanol–water partition coefficient (Wildman–Crippen LogP) is 0.892. The van der Waals surface area contributed by atoms with E-state index in [1.807, 2.05) is 18.2 Å². The van der Waals surface area contributed by atoms with Gasteiger partial charge in [-0.3, -0.25) is 0 Å². The SMILES string of the molecule is CN(C)CCCNCc1cc(N)ccc1N. The largest absolute Gasteiger partial charge is 0.399 e. The molecule has 1 rings (SSSR count). The van der Waals surface area contributed by atoms with Crippen molar-refractivity contribution in [3.05, 3.63) is 23.8 Å². The Hall–Kier alpha value is -1.26. The first-order chi connectivity index (χ1) is 7.59. The average molecular weight is 222 g/mol. The molecular formula is C12H22N4. The highest BCUT2D eigenvalue weighted by molar-refractivity contribution is 5.55. The molecule has 1 aromatic rings. The minimum atomic E-state index is 0.763. The number of benzene rings is 1. The fourth-order valence-electron chi connectivity index (χ4n) is 1.52. The highest BCUT2D eigenvalue weighted by Gasteiger charge is 1.99. The van der Waals surface area contributed by atoms with Gasteiger partial charge in [-0.2, -0.15) is 0 Å². The summed E-state index contributed by atoms with van der Waals surface area (Å²) in [5.41, 5.74) is 14.2. The van der Waals surface area contributed by atoms with Crippen LogP contribution < -0.4 is 16.8 Å². The smallest absolute Gasteiger partial charge is 0.0361 e. The Morgan fingerprint density at radius 2 is 2.00 bits per heavy atom. The van der Waals surface area contributed by atoms with E-state index in [2.05, 4.69) is 24.3 Å². The molecule has 0 aliphatic rings. The Morgan fingerprint density at radius 3 is 2.69 bits per heavy atom. The molecule has 0 aliphatic carbocycles. The normalized spacial score (nSPS) is 10.9. The lowest BCUT2D eigenvalue weighted by molar-refractivity contribution is 0.394. The molecule has 0 spiro atoms. The Kier molecular flexibility index (Phi) is 5.08. The lowest BCUT2D eigenvalue weighted by Crippen LogP contribution is -2.21. The molecule has 0 amide bonds. The number of nitrogens with one attached hydrogen (secondary N) is 1. The van der Waals surface area contributed by atoms with Crippen LogP contribution in [0.1, 0.15) is 12.0 Å². The Balaban J connectivity index is 2.29. The number of anilines is 2.